The van der Waals surface area contributed by atoms with E-state index in [-0.39, 0.29) is 11.5 Å². The highest BCUT2D eigenvalue weighted by Crippen LogP contribution is 2.31. The maximum Gasteiger partial charge on any atom is 0.324 e. The smallest absolute Gasteiger partial charge is 0.324 e. The first-order valence-corrected chi connectivity index (χ1v) is 6.53. The molecule has 0 amide bonds. The minimum atomic E-state index is -0.860. The highest BCUT2D eigenvalue weighted by Gasteiger charge is 2.25. The standard InChI is InChI=1S/C11H14N2O4S/c14-11(15)7-12(5-8-1-2-8)6-9-3-4-10(18-9)13(16)17/h3-4,8H,1-2,5-7H2,(H,14,15). The zero-order chi connectivity index (χ0) is 13.1. The van der Waals surface area contributed by atoms with Gasteiger partial charge in [-0.1, -0.05) is 11.3 Å². The summed E-state index contributed by atoms with van der Waals surface area (Å²) in [6.07, 6.45) is 2.31. The Balaban J connectivity index is 1.96. The van der Waals surface area contributed by atoms with Gasteiger partial charge < -0.3 is 5.11 Å². The van der Waals surface area contributed by atoms with Gasteiger partial charge in [0.2, 0.25) is 0 Å². The summed E-state index contributed by atoms with van der Waals surface area (Å²) in [5, 5.41) is 19.5. The number of carboxylic acid groups (broad SMARTS) is 1. The molecule has 7 heteroatoms. The van der Waals surface area contributed by atoms with Crippen LogP contribution in [0.5, 0.6) is 0 Å². The fourth-order valence-electron chi connectivity index (χ4n) is 1.81. The van der Waals surface area contributed by atoms with Crippen LogP contribution in [0.3, 0.4) is 0 Å². The van der Waals surface area contributed by atoms with Gasteiger partial charge in [-0.05, 0) is 24.8 Å². The van der Waals surface area contributed by atoms with Crippen molar-refractivity contribution in [2.75, 3.05) is 13.1 Å². The highest BCUT2D eigenvalue weighted by molar-refractivity contribution is 7.15. The first kappa shape index (κ1) is 13.0. The summed E-state index contributed by atoms with van der Waals surface area (Å²) in [6.45, 7) is 1.22. The number of aliphatic carboxylic acids is 1. The van der Waals surface area contributed by atoms with Gasteiger partial charge >= 0.3 is 11.0 Å². The van der Waals surface area contributed by atoms with E-state index in [4.69, 9.17) is 5.11 Å². The lowest BCUT2D eigenvalue weighted by Crippen LogP contribution is -2.30. The van der Waals surface area contributed by atoms with E-state index in [1.54, 1.807) is 6.07 Å². The molecule has 0 spiro atoms. The molecule has 0 aromatic carbocycles. The Morgan fingerprint density at radius 1 is 1.56 bits per heavy atom. The summed E-state index contributed by atoms with van der Waals surface area (Å²) >= 11 is 1.11. The maximum atomic E-state index is 10.8. The Morgan fingerprint density at radius 2 is 2.28 bits per heavy atom. The van der Waals surface area contributed by atoms with Crippen LogP contribution in [0.15, 0.2) is 12.1 Å². The van der Waals surface area contributed by atoms with Gasteiger partial charge in [0.05, 0.1) is 11.5 Å². The minimum Gasteiger partial charge on any atom is -0.480 e. The van der Waals surface area contributed by atoms with E-state index in [9.17, 15) is 14.9 Å². The third-order valence-corrected chi connectivity index (χ3v) is 3.80. The monoisotopic (exact) mass is 270 g/mol. The molecule has 6 nitrogen and oxygen atoms in total. The predicted octanol–water partition coefficient (Wildman–Crippen LogP) is 1.95. The van der Waals surface area contributed by atoms with Gasteiger partial charge in [-0.25, -0.2) is 0 Å². The lowest BCUT2D eigenvalue weighted by atomic mass is 10.3. The molecule has 1 N–H and O–H groups in total. The van der Waals surface area contributed by atoms with Crippen molar-refractivity contribution in [1.82, 2.24) is 4.90 Å². The van der Waals surface area contributed by atoms with Crippen LogP contribution in [0, 0.1) is 16.0 Å². The molecule has 1 aromatic heterocycles. The topological polar surface area (TPSA) is 83.7 Å². The summed E-state index contributed by atoms with van der Waals surface area (Å²) < 4.78 is 0. The zero-order valence-electron chi connectivity index (χ0n) is 9.74. The number of nitrogens with zero attached hydrogens (tertiary/aromatic N) is 2. The van der Waals surface area contributed by atoms with E-state index in [1.807, 2.05) is 4.90 Å². The Bertz CT molecular complexity index is 456. The van der Waals surface area contributed by atoms with Crippen molar-refractivity contribution in [3.63, 3.8) is 0 Å². The van der Waals surface area contributed by atoms with Gasteiger partial charge in [-0.15, -0.1) is 0 Å². The Labute approximate surface area is 108 Å². The van der Waals surface area contributed by atoms with Crippen molar-refractivity contribution in [2.45, 2.75) is 19.4 Å². The molecule has 98 valence electrons. The molecule has 0 radical (unpaired) electrons. The molecule has 0 atom stereocenters. The lowest BCUT2D eigenvalue weighted by Gasteiger charge is -2.18. The van der Waals surface area contributed by atoms with Crippen LogP contribution in [0.25, 0.3) is 0 Å². The van der Waals surface area contributed by atoms with Gasteiger partial charge in [0.1, 0.15) is 0 Å². The molecule has 18 heavy (non-hydrogen) atoms. The SMILES string of the molecule is O=C(O)CN(Cc1ccc([N+](=O)[O-])s1)CC1CC1. The molecule has 1 aliphatic rings. The van der Waals surface area contributed by atoms with Crippen molar-refractivity contribution in [3.05, 3.63) is 27.1 Å². The molecule has 2 rings (SSSR count). The molecule has 0 bridgehead atoms. The van der Waals surface area contributed by atoms with Crippen LogP contribution in [-0.2, 0) is 11.3 Å². The molecule has 1 saturated carbocycles. The molecule has 0 saturated heterocycles. The van der Waals surface area contributed by atoms with Crippen molar-refractivity contribution < 1.29 is 14.8 Å². The second-order valence-corrected chi connectivity index (χ2v) is 5.65. The molecule has 0 unspecified atom stereocenters. The number of carboxylic acids is 1. The van der Waals surface area contributed by atoms with Crippen molar-refractivity contribution >= 4 is 22.3 Å². The summed E-state index contributed by atoms with van der Waals surface area (Å²) in [5.74, 6) is -0.263. The number of nitro groups is 1. The third-order valence-electron chi connectivity index (χ3n) is 2.78. The fourth-order valence-corrected chi connectivity index (χ4v) is 2.67. The third kappa shape index (κ3) is 3.78. The first-order chi connectivity index (χ1) is 8.54. The maximum absolute atomic E-state index is 10.8. The highest BCUT2D eigenvalue weighted by atomic mass is 32.1. The van der Waals surface area contributed by atoms with Crippen molar-refractivity contribution in [3.8, 4) is 0 Å². The number of thiophene rings is 1. The summed E-state index contributed by atoms with van der Waals surface area (Å²) in [4.78, 5) is 23.6. The van der Waals surface area contributed by atoms with Gasteiger partial charge in [-0.2, -0.15) is 0 Å². The van der Waals surface area contributed by atoms with E-state index in [0.29, 0.717) is 12.5 Å². The molecule has 0 aliphatic heterocycles. The minimum absolute atomic E-state index is 0.0117. The summed E-state index contributed by atoms with van der Waals surface area (Å²) in [5.41, 5.74) is 0. The van der Waals surface area contributed by atoms with Gasteiger partial charge in [0.25, 0.3) is 0 Å². The van der Waals surface area contributed by atoms with Crippen molar-refractivity contribution in [1.29, 1.82) is 0 Å². The van der Waals surface area contributed by atoms with Crippen LogP contribution in [0.2, 0.25) is 0 Å². The number of hydrogen-bond donors (Lipinski definition) is 1. The van der Waals surface area contributed by atoms with Gasteiger partial charge in [-0.3, -0.25) is 19.8 Å². The first-order valence-electron chi connectivity index (χ1n) is 5.72. The van der Waals surface area contributed by atoms with E-state index in [2.05, 4.69) is 0 Å². The molecule has 1 aromatic rings. The second-order valence-electron chi connectivity index (χ2n) is 4.50. The van der Waals surface area contributed by atoms with Crippen LogP contribution in [-0.4, -0.2) is 34.0 Å². The summed E-state index contributed by atoms with van der Waals surface area (Å²) in [7, 11) is 0. The molecular weight excluding hydrogens is 256 g/mol. The normalized spacial score (nSPS) is 14.9. The van der Waals surface area contributed by atoms with E-state index >= 15 is 0 Å². The molecular formula is C11H14N2O4S. The Hall–Kier alpha value is -1.47. The zero-order valence-corrected chi connectivity index (χ0v) is 10.6. The Morgan fingerprint density at radius 3 is 2.78 bits per heavy atom. The quantitative estimate of drug-likeness (QED) is 0.604. The number of carbonyl (C=O) groups is 1. The largest absolute Gasteiger partial charge is 0.480 e. The van der Waals surface area contributed by atoms with Crippen LogP contribution in [0.1, 0.15) is 17.7 Å². The van der Waals surface area contributed by atoms with E-state index in [0.717, 1.165) is 35.6 Å². The van der Waals surface area contributed by atoms with Crippen molar-refractivity contribution in [2.24, 2.45) is 5.92 Å². The Kier molecular flexibility index (Phi) is 3.93. The van der Waals surface area contributed by atoms with Gasteiger partial charge in [0, 0.05) is 24.0 Å². The van der Waals surface area contributed by atoms with Crippen LogP contribution < -0.4 is 0 Å². The fraction of sp³-hybridized carbons (Fsp3) is 0.545. The summed E-state index contributed by atoms with van der Waals surface area (Å²) in [6, 6.07) is 3.17. The number of hydrogen-bond acceptors (Lipinski definition) is 5. The molecule has 1 heterocycles. The average molecular weight is 270 g/mol. The lowest BCUT2D eigenvalue weighted by molar-refractivity contribution is -0.380. The molecule has 1 aliphatic carbocycles. The van der Waals surface area contributed by atoms with Gasteiger partial charge in [0.15, 0.2) is 0 Å². The van der Waals surface area contributed by atoms with Crippen LogP contribution >= 0.6 is 11.3 Å². The second kappa shape index (κ2) is 5.45. The molecule has 1 fully saturated rings. The van der Waals surface area contributed by atoms with Crippen LogP contribution in [0.4, 0.5) is 5.00 Å². The average Bonchev–Trinajstić information content (AvgIpc) is 2.93. The van der Waals surface area contributed by atoms with E-state index in [1.165, 1.54) is 6.07 Å². The predicted molar refractivity (Wildman–Crippen MR) is 66.6 cm³/mol. The number of rotatable bonds is 7. The van der Waals surface area contributed by atoms with E-state index < -0.39 is 10.9 Å².